The molecular weight excluding hydrogens is 466 g/mol. The fourth-order valence-corrected chi connectivity index (χ4v) is 11.7. The summed E-state index contributed by atoms with van der Waals surface area (Å²) >= 11 is 0. The molecule has 7 fully saturated rings. The molecule has 9 heteroatoms. The van der Waals surface area contributed by atoms with Crippen LogP contribution in [-0.4, -0.2) is 104 Å². The van der Waals surface area contributed by atoms with Crippen molar-refractivity contribution in [3.8, 4) is 0 Å². The van der Waals surface area contributed by atoms with Crippen LogP contribution in [-0.2, 0) is 33.2 Å². The summed E-state index contributed by atoms with van der Waals surface area (Å²) in [6, 6.07) is -0.224. The summed E-state index contributed by atoms with van der Waals surface area (Å²) in [5.74, 6) is -0.771. The molecule has 13 atom stereocenters. The summed E-state index contributed by atoms with van der Waals surface area (Å²) < 4.78 is 38.7. The highest BCUT2D eigenvalue weighted by atomic mass is 16.7. The molecule has 5 aliphatic carbocycles. The van der Waals surface area contributed by atoms with E-state index in [9.17, 15) is 9.90 Å². The quantitative estimate of drug-likeness (QED) is 0.553. The van der Waals surface area contributed by atoms with E-state index < -0.39 is 28.3 Å². The SMILES string of the molecule is CCN1C[C@]2(C)CC[C@H](OC)[C@@]34[C@@H]2[C@H](OC(C)=O)[C@]2(OCO[C@@]25C[C@H](OC)[C@H]2C[C@]3(O)[C@@H]5[C@H]2OC)[C@H]14. The summed E-state index contributed by atoms with van der Waals surface area (Å²) in [5, 5.41) is 13.4. The van der Waals surface area contributed by atoms with Gasteiger partial charge < -0.3 is 33.5 Å². The van der Waals surface area contributed by atoms with Crippen LogP contribution < -0.4 is 0 Å². The Morgan fingerprint density at radius 2 is 1.89 bits per heavy atom. The Labute approximate surface area is 213 Å². The van der Waals surface area contributed by atoms with Crippen LogP contribution in [0.15, 0.2) is 0 Å². The van der Waals surface area contributed by atoms with E-state index in [1.807, 2.05) is 0 Å². The number of piperidine rings is 1. The van der Waals surface area contributed by atoms with Crippen LogP contribution >= 0.6 is 0 Å². The highest BCUT2D eigenvalue weighted by molar-refractivity contribution is 5.67. The summed E-state index contributed by atoms with van der Waals surface area (Å²) in [6.45, 7) is 7.72. The first-order chi connectivity index (χ1) is 17.2. The number of carbonyl (C=O) groups excluding carboxylic acids is 1. The Morgan fingerprint density at radius 1 is 1.11 bits per heavy atom. The third-order valence-corrected chi connectivity index (χ3v) is 12.2. The van der Waals surface area contributed by atoms with Gasteiger partial charge in [-0.25, -0.2) is 0 Å². The van der Waals surface area contributed by atoms with Crippen LogP contribution in [0, 0.1) is 28.6 Å². The lowest BCUT2D eigenvalue weighted by Gasteiger charge is -2.71. The van der Waals surface area contributed by atoms with E-state index in [2.05, 4.69) is 18.7 Å². The van der Waals surface area contributed by atoms with Gasteiger partial charge in [0, 0.05) is 59.0 Å². The van der Waals surface area contributed by atoms with Crippen LogP contribution in [0.5, 0.6) is 0 Å². The molecule has 7 bridgehead atoms. The Morgan fingerprint density at radius 3 is 2.53 bits per heavy atom. The molecule has 2 saturated heterocycles. The molecule has 0 aromatic rings. The second-order valence-electron chi connectivity index (χ2n) is 12.9. The molecule has 0 radical (unpaired) electrons. The summed E-state index contributed by atoms with van der Waals surface area (Å²) in [4.78, 5) is 15.3. The molecule has 0 amide bonds. The number of hydrogen-bond donors (Lipinski definition) is 1. The first kappa shape index (κ1) is 24.2. The van der Waals surface area contributed by atoms with Crippen LogP contribution in [0.1, 0.15) is 46.5 Å². The molecule has 7 aliphatic rings. The maximum absolute atomic E-state index is 13.4. The van der Waals surface area contributed by atoms with Crippen molar-refractivity contribution in [2.45, 2.75) is 93.7 Å². The summed E-state index contributed by atoms with van der Waals surface area (Å²) in [6.07, 6.45) is 1.69. The van der Waals surface area contributed by atoms with Gasteiger partial charge in [-0.1, -0.05) is 13.8 Å². The van der Waals surface area contributed by atoms with E-state index in [4.69, 9.17) is 28.4 Å². The molecular formula is C27H41NO8. The highest BCUT2D eigenvalue weighted by Crippen LogP contribution is 2.83. The third kappa shape index (κ3) is 2.16. The van der Waals surface area contributed by atoms with Gasteiger partial charge in [-0.3, -0.25) is 9.69 Å². The smallest absolute Gasteiger partial charge is 0.303 e. The third-order valence-electron chi connectivity index (χ3n) is 12.2. The minimum Gasteiger partial charge on any atom is -0.459 e. The Kier molecular flexibility index (Phi) is 4.87. The first-order valence-electron chi connectivity index (χ1n) is 13.7. The van der Waals surface area contributed by atoms with E-state index in [-0.39, 0.29) is 60.3 Å². The zero-order valence-corrected chi connectivity index (χ0v) is 22.3. The number of likely N-dealkylation sites (N-methyl/N-ethyl adjacent to an activating group) is 1. The zero-order valence-electron chi connectivity index (χ0n) is 22.3. The number of ether oxygens (including phenoxy) is 6. The van der Waals surface area contributed by atoms with Gasteiger partial charge in [-0.05, 0) is 31.2 Å². The number of hydrogen-bond acceptors (Lipinski definition) is 9. The van der Waals surface area contributed by atoms with Gasteiger partial charge in [0.1, 0.15) is 18.5 Å². The van der Waals surface area contributed by atoms with Gasteiger partial charge in [0.25, 0.3) is 0 Å². The molecule has 0 aromatic carbocycles. The van der Waals surface area contributed by atoms with Crippen LogP contribution in [0.25, 0.3) is 0 Å². The molecule has 5 saturated carbocycles. The molecule has 1 N–H and O–H groups in total. The van der Waals surface area contributed by atoms with Gasteiger partial charge in [0.2, 0.25) is 0 Å². The summed E-state index contributed by atoms with van der Waals surface area (Å²) in [5.41, 5.74) is -3.94. The molecule has 0 unspecified atom stereocenters. The van der Waals surface area contributed by atoms with Crippen LogP contribution in [0.4, 0.5) is 0 Å². The first-order valence-corrected chi connectivity index (χ1v) is 13.7. The maximum Gasteiger partial charge on any atom is 0.303 e. The minimum atomic E-state index is -1.16. The summed E-state index contributed by atoms with van der Waals surface area (Å²) in [7, 11) is 5.23. The molecule has 2 aliphatic heterocycles. The number of nitrogens with zero attached hydrogens (tertiary/aromatic N) is 1. The van der Waals surface area contributed by atoms with E-state index in [1.165, 1.54) is 6.92 Å². The maximum atomic E-state index is 13.4. The lowest BCUT2D eigenvalue weighted by Crippen LogP contribution is -2.85. The van der Waals surface area contributed by atoms with Crippen molar-refractivity contribution in [3.05, 3.63) is 0 Å². The normalized spacial score (nSPS) is 60.2. The van der Waals surface area contributed by atoms with E-state index in [1.54, 1.807) is 21.3 Å². The number of carbonyl (C=O) groups is 1. The predicted octanol–water partition coefficient (Wildman–Crippen LogP) is 1.35. The molecule has 9 nitrogen and oxygen atoms in total. The Bertz CT molecular complexity index is 979. The van der Waals surface area contributed by atoms with Crippen molar-refractivity contribution in [3.63, 3.8) is 0 Å². The fraction of sp³-hybridized carbons (Fsp3) is 0.963. The Hall–Kier alpha value is -0.810. The molecule has 36 heavy (non-hydrogen) atoms. The molecule has 3 spiro atoms. The number of aliphatic hydroxyl groups is 1. The second-order valence-corrected chi connectivity index (χ2v) is 12.9. The lowest BCUT2D eigenvalue weighted by atomic mass is 9.41. The standard InChI is InChI=1S/C27H41NO8/c1-7-28-12-23(3)9-8-17(32-5)26-20(23)21(36-14(2)29)27(22(26)28)25(34-13-35-27)11-16(31-4)15-10-24(26,30)19(25)18(15)33-6/h15-22,30H,7-13H2,1-6H3/t15-,16+,17+,18+,19+,20-,21+,22-,23+,24+,25-,26+,27+/m1/s1. The van der Waals surface area contributed by atoms with Gasteiger partial charge in [-0.15, -0.1) is 0 Å². The average Bonchev–Trinajstić information content (AvgIpc) is 3.40. The van der Waals surface area contributed by atoms with Crippen molar-refractivity contribution in [1.82, 2.24) is 4.90 Å². The van der Waals surface area contributed by atoms with Crippen molar-refractivity contribution in [1.29, 1.82) is 0 Å². The van der Waals surface area contributed by atoms with Gasteiger partial charge in [0.15, 0.2) is 5.60 Å². The Balaban J connectivity index is 1.61. The predicted molar refractivity (Wildman–Crippen MR) is 126 cm³/mol. The monoisotopic (exact) mass is 507 g/mol. The number of methoxy groups -OCH3 is 3. The van der Waals surface area contributed by atoms with Gasteiger partial charge in [0.05, 0.1) is 35.4 Å². The molecule has 0 aromatic heterocycles. The number of fused-ring (bicyclic) bond motifs is 1. The van der Waals surface area contributed by atoms with E-state index in [0.717, 1.165) is 25.9 Å². The topological polar surface area (TPSA) is 95.9 Å². The second kappa shape index (κ2) is 7.23. The number of likely N-dealkylation sites (tertiary alicyclic amines) is 1. The van der Waals surface area contributed by atoms with Crippen LogP contribution in [0.2, 0.25) is 0 Å². The molecule has 2 heterocycles. The molecule has 7 rings (SSSR count). The number of rotatable bonds is 5. The largest absolute Gasteiger partial charge is 0.459 e. The van der Waals surface area contributed by atoms with Crippen molar-refractivity contribution >= 4 is 5.97 Å². The van der Waals surface area contributed by atoms with E-state index in [0.29, 0.717) is 12.8 Å². The lowest BCUT2D eigenvalue weighted by molar-refractivity contribution is -0.332. The van der Waals surface area contributed by atoms with Crippen molar-refractivity contribution in [2.75, 3.05) is 41.2 Å². The fourth-order valence-electron chi connectivity index (χ4n) is 11.7. The zero-order chi connectivity index (χ0) is 25.5. The van der Waals surface area contributed by atoms with Crippen molar-refractivity contribution < 1.29 is 38.3 Å². The average molecular weight is 508 g/mol. The van der Waals surface area contributed by atoms with Crippen molar-refractivity contribution in [2.24, 2.45) is 28.6 Å². The van der Waals surface area contributed by atoms with Gasteiger partial charge in [-0.2, -0.15) is 0 Å². The van der Waals surface area contributed by atoms with Crippen LogP contribution in [0.3, 0.4) is 0 Å². The van der Waals surface area contributed by atoms with E-state index >= 15 is 0 Å². The number of esters is 1. The van der Waals surface area contributed by atoms with Gasteiger partial charge >= 0.3 is 5.97 Å². The molecule has 202 valence electrons. The minimum absolute atomic E-state index is 0.0317. The highest BCUT2D eigenvalue weighted by Gasteiger charge is 2.97.